The molecule has 2 aromatic heterocycles. The van der Waals surface area contributed by atoms with Crippen LogP contribution in [0.1, 0.15) is 30.3 Å². The van der Waals surface area contributed by atoms with Gasteiger partial charge in [0.25, 0.3) is 0 Å². The van der Waals surface area contributed by atoms with E-state index in [1.165, 1.54) is 5.56 Å². The van der Waals surface area contributed by atoms with E-state index < -0.39 is 0 Å². The average molecular weight is 553 g/mol. The van der Waals surface area contributed by atoms with Gasteiger partial charge < -0.3 is 15.2 Å². The summed E-state index contributed by atoms with van der Waals surface area (Å²) in [6.45, 7) is 5.11. The lowest BCUT2D eigenvalue weighted by Crippen LogP contribution is -2.38. The molecule has 2 N–H and O–H groups in total. The number of halogens is 2. The second-order valence-corrected chi connectivity index (χ2v) is 7.37. The van der Waals surface area contributed by atoms with Crippen molar-refractivity contribution in [2.75, 3.05) is 13.1 Å². The fourth-order valence-corrected chi connectivity index (χ4v) is 3.28. The molecule has 3 aromatic rings. The molecule has 3 rings (SSSR count). The van der Waals surface area contributed by atoms with Crippen molar-refractivity contribution in [1.82, 2.24) is 25.2 Å². The van der Waals surface area contributed by atoms with E-state index in [0.717, 1.165) is 56.2 Å². The van der Waals surface area contributed by atoms with Gasteiger partial charge in [-0.25, -0.2) is 15.0 Å². The first kappa shape index (κ1) is 25.1. The van der Waals surface area contributed by atoms with Crippen molar-refractivity contribution >= 4 is 41.5 Å². The Balaban J connectivity index is 0.00000341. The second-order valence-electron chi connectivity index (χ2n) is 6.99. The van der Waals surface area contributed by atoms with Crippen LogP contribution in [0.25, 0.3) is 0 Å². The Morgan fingerprint density at radius 2 is 1.87 bits per heavy atom. The van der Waals surface area contributed by atoms with Crippen molar-refractivity contribution in [3.63, 3.8) is 0 Å². The van der Waals surface area contributed by atoms with Gasteiger partial charge in [-0.05, 0) is 43.4 Å². The highest BCUT2D eigenvalue weighted by Gasteiger charge is 2.04. The van der Waals surface area contributed by atoms with Gasteiger partial charge in [-0.15, -0.1) is 24.0 Å². The number of aliphatic imine (C=N–C) groups is 1. The van der Waals surface area contributed by atoms with E-state index in [2.05, 4.69) is 62.4 Å². The van der Waals surface area contributed by atoms with Crippen molar-refractivity contribution in [2.45, 2.75) is 39.3 Å². The first-order valence-electron chi connectivity index (χ1n) is 10.4. The normalized spacial score (nSPS) is 11.1. The molecule has 0 saturated carbocycles. The highest BCUT2D eigenvalue weighted by Crippen LogP contribution is 2.07. The molecule has 0 fully saturated rings. The molecular weight excluding hydrogens is 523 g/mol. The number of benzene rings is 1. The maximum absolute atomic E-state index is 5.84. The lowest BCUT2D eigenvalue weighted by atomic mass is 10.1. The van der Waals surface area contributed by atoms with Crippen LogP contribution in [-0.4, -0.2) is 33.6 Å². The Kier molecular flexibility index (Phi) is 11.4. The molecule has 0 aliphatic rings. The van der Waals surface area contributed by atoms with E-state index in [1.807, 2.05) is 24.5 Å². The fourth-order valence-electron chi connectivity index (χ4n) is 3.16. The van der Waals surface area contributed by atoms with Crippen LogP contribution < -0.4 is 10.6 Å². The molecule has 0 radical (unpaired) electrons. The molecule has 0 unspecified atom stereocenters. The smallest absolute Gasteiger partial charge is 0.191 e. The molecule has 0 bridgehead atoms. The molecule has 8 heteroatoms. The fraction of sp³-hybridized carbons (Fsp3) is 0.348. The molecule has 2 heterocycles. The Hall–Kier alpha value is -2.13. The summed E-state index contributed by atoms with van der Waals surface area (Å²) in [5.41, 5.74) is 2.50. The predicted octanol–water partition coefficient (Wildman–Crippen LogP) is 4.48. The largest absolute Gasteiger partial charge is 0.357 e. The molecule has 0 amide bonds. The van der Waals surface area contributed by atoms with Gasteiger partial charge in [0.2, 0.25) is 0 Å². The number of rotatable bonds is 10. The van der Waals surface area contributed by atoms with Gasteiger partial charge in [-0.2, -0.15) is 0 Å². The topological polar surface area (TPSA) is 67.1 Å². The van der Waals surface area contributed by atoms with Gasteiger partial charge in [0, 0.05) is 38.2 Å². The number of nitrogens with zero attached hydrogens (tertiary/aromatic N) is 4. The highest BCUT2D eigenvalue weighted by molar-refractivity contribution is 14.0. The zero-order valence-electron chi connectivity index (χ0n) is 17.8. The van der Waals surface area contributed by atoms with E-state index in [0.29, 0.717) is 11.7 Å². The van der Waals surface area contributed by atoms with Crippen LogP contribution in [0.4, 0.5) is 0 Å². The van der Waals surface area contributed by atoms with Crippen LogP contribution in [0.3, 0.4) is 0 Å². The number of aryl methyl sites for hydroxylation is 2. The van der Waals surface area contributed by atoms with Gasteiger partial charge in [-0.1, -0.05) is 48.0 Å². The van der Waals surface area contributed by atoms with Crippen molar-refractivity contribution in [3.8, 4) is 0 Å². The Bertz CT molecular complexity index is 911. The maximum Gasteiger partial charge on any atom is 0.191 e. The van der Waals surface area contributed by atoms with Crippen LogP contribution in [0.15, 0.2) is 66.0 Å². The number of hydrogen-bond donors (Lipinski definition) is 2. The first-order valence-corrected chi connectivity index (χ1v) is 10.8. The number of aromatic nitrogens is 3. The Morgan fingerprint density at radius 3 is 2.61 bits per heavy atom. The van der Waals surface area contributed by atoms with Crippen LogP contribution in [0.5, 0.6) is 0 Å². The van der Waals surface area contributed by atoms with Gasteiger partial charge in [0.15, 0.2) is 5.96 Å². The van der Waals surface area contributed by atoms with Crippen molar-refractivity contribution in [3.05, 3.63) is 83.2 Å². The van der Waals surface area contributed by atoms with Gasteiger partial charge in [-0.3, -0.25) is 0 Å². The number of nitrogens with one attached hydrogen (secondary N) is 2. The summed E-state index contributed by atoms with van der Waals surface area (Å²) >= 11 is 5.84. The average Bonchev–Trinajstić information content (AvgIpc) is 3.21. The van der Waals surface area contributed by atoms with Crippen LogP contribution in [-0.2, 0) is 25.9 Å². The summed E-state index contributed by atoms with van der Waals surface area (Å²) in [6, 6.07) is 14.4. The van der Waals surface area contributed by atoms with E-state index in [1.54, 1.807) is 6.20 Å². The minimum absolute atomic E-state index is 0. The first-order chi connectivity index (χ1) is 14.7. The highest BCUT2D eigenvalue weighted by atomic mass is 127. The Morgan fingerprint density at radius 1 is 1.03 bits per heavy atom. The van der Waals surface area contributed by atoms with E-state index in [9.17, 15) is 0 Å². The van der Waals surface area contributed by atoms with Crippen molar-refractivity contribution in [2.24, 2.45) is 4.99 Å². The quantitative estimate of drug-likeness (QED) is 0.168. The van der Waals surface area contributed by atoms with Crippen LogP contribution in [0.2, 0.25) is 5.15 Å². The summed E-state index contributed by atoms with van der Waals surface area (Å²) in [5.74, 6) is 1.76. The number of imidazole rings is 1. The third-order valence-corrected chi connectivity index (χ3v) is 4.95. The minimum atomic E-state index is 0. The number of guanidine groups is 1. The molecular formula is C23H30ClIN6. The molecule has 6 nitrogen and oxygen atoms in total. The SMILES string of the molecule is CCNC(=NCc1nccn1CCCc1ccccc1)NCCc1ccc(Cl)nc1.I. The molecule has 0 aliphatic heterocycles. The summed E-state index contributed by atoms with van der Waals surface area (Å²) in [6.07, 6.45) is 8.67. The minimum Gasteiger partial charge on any atom is -0.357 e. The third-order valence-electron chi connectivity index (χ3n) is 4.73. The maximum atomic E-state index is 5.84. The Labute approximate surface area is 206 Å². The van der Waals surface area contributed by atoms with Gasteiger partial charge in [0.05, 0.1) is 0 Å². The number of hydrogen-bond acceptors (Lipinski definition) is 3. The van der Waals surface area contributed by atoms with E-state index >= 15 is 0 Å². The monoisotopic (exact) mass is 552 g/mol. The number of pyridine rings is 1. The molecule has 0 aliphatic carbocycles. The lowest BCUT2D eigenvalue weighted by molar-refractivity contribution is 0.610. The molecule has 166 valence electrons. The third kappa shape index (κ3) is 8.86. The molecule has 0 spiro atoms. The van der Waals surface area contributed by atoms with Crippen molar-refractivity contribution in [1.29, 1.82) is 0 Å². The van der Waals surface area contributed by atoms with Crippen LogP contribution in [0, 0.1) is 0 Å². The predicted molar refractivity (Wildman–Crippen MR) is 138 cm³/mol. The van der Waals surface area contributed by atoms with Crippen molar-refractivity contribution < 1.29 is 0 Å². The summed E-state index contributed by atoms with van der Waals surface area (Å²) in [7, 11) is 0. The lowest BCUT2D eigenvalue weighted by Gasteiger charge is -2.12. The zero-order valence-corrected chi connectivity index (χ0v) is 20.9. The molecule has 31 heavy (non-hydrogen) atoms. The van der Waals surface area contributed by atoms with Gasteiger partial charge >= 0.3 is 0 Å². The molecule has 1 aromatic carbocycles. The van der Waals surface area contributed by atoms with E-state index in [-0.39, 0.29) is 24.0 Å². The zero-order chi connectivity index (χ0) is 21.0. The second kappa shape index (κ2) is 14.0. The summed E-state index contributed by atoms with van der Waals surface area (Å²) in [4.78, 5) is 13.3. The molecule has 0 saturated heterocycles. The van der Waals surface area contributed by atoms with E-state index in [4.69, 9.17) is 16.6 Å². The summed E-state index contributed by atoms with van der Waals surface area (Å²) in [5, 5.41) is 7.18. The van der Waals surface area contributed by atoms with Crippen LogP contribution >= 0.6 is 35.6 Å². The summed E-state index contributed by atoms with van der Waals surface area (Å²) < 4.78 is 2.19. The van der Waals surface area contributed by atoms with Gasteiger partial charge in [0.1, 0.15) is 17.5 Å². The standard InChI is InChI=1S/C23H29ClN6.HI/c1-2-25-23(27-13-12-20-10-11-21(24)28-17-20)29-18-22-26-14-16-30(22)15-6-9-19-7-4-3-5-8-19;/h3-5,7-8,10-11,14,16-17H,2,6,9,12-13,15,18H2,1H3,(H2,25,27,29);1H. The molecule has 0 atom stereocenters.